The van der Waals surface area contributed by atoms with Gasteiger partial charge in [0.2, 0.25) is 0 Å². The number of fused-ring (bicyclic) bond motifs is 3. The predicted octanol–water partition coefficient (Wildman–Crippen LogP) is 6.12. The van der Waals surface area contributed by atoms with E-state index in [4.69, 9.17) is 9.47 Å². The molecular weight excluding hydrogens is 502 g/mol. The van der Waals surface area contributed by atoms with E-state index in [9.17, 15) is 14.7 Å². The fraction of sp³-hybridized carbons (Fsp3) is 0.310. The molecule has 0 spiro atoms. The van der Waals surface area contributed by atoms with Crippen molar-refractivity contribution < 1.29 is 24.2 Å². The maximum absolute atomic E-state index is 13.0. The standard InChI is InChI=1S/C29H29N3O5S/c1-31-25-12-13-38-27(25)16-26(31)28(33)30-24-5-3-2-4-18(24)17-36-21-8-10-22(11-9-21)37-23-14-19-6-7-20(15-23)32(19)29(34)35/h2-5,8-13,16,19-20,23H,6-7,14-15,17H2,1H3,(H,30,33)(H,34,35)/t19-,20+,23?. The molecule has 8 nitrogen and oxygen atoms in total. The maximum Gasteiger partial charge on any atom is 0.407 e. The van der Waals surface area contributed by atoms with Crippen LogP contribution in [0.25, 0.3) is 10.2 Å². The van der Waals surface area contributed by atoms with Gasteiger partial charge in [-0.15, -0.1) is 11.3 Å². The van der Waals surface area contributed by atoms with Crippen LogP contribution in [0.1, 0.15) is 41.7 Å². The highest BCUT2D eigenvalue weighted by molar-refractivity contribution is 7.17. The summed E-state index contributed by atoms with van der Waals surface area (Å²) in [6, 6.07) is 19.2. The number of rotatable bonds is 7. The minimum atomic E-state index is -0.821. The third kappa shape index (κ3) is 4.69. The molecule has 6 rings (SSSR count). The molecule has 2 fully saturated rings. The van der Waals surface area contributed by atoms with Crippen molar-refractivity contribution >= 4 is 39.2 Å². The molecule has 2 bridgehead atoms. The van der Waals surface area contributed by atoms with E-state index in [-0.39, 0.29) is 24.1 Å². The van der Waals surface area contributed by atoms with Crippen molar-refractivity contribution in [2.75, 3.05) is 5.32 Å². The summed E-state index contributed by atoms with van der Waals surface area (Å²) in [5.74, 6) is 1.29. The largest absolute Gasteiger partial charge is 0.490 e. The topological polar surface area (TPSA) is 93.0 Å². The second kappa shape index (κ2) is 10.1. The van der Waals surface area contributed by atoms with E-state index in [1.54, 1.807) is 16.2 Å². The average molecular weight is 532 g/mol. The summed E-state index contributed by atoms with van der Waals surface area (Å²) in [6.07, 6.45) is 2.48. The number of hydrogen-bond donors (Lipinski definition) is 2. The number of carbonyl (C=O) groups is 2. The van der Waals surface area contributed by atoms with Crippen LogP contribution in [-0.2, 0) is 13.7 Å². The molecule has 0 saturated carbocycles. The van der Waals surface area contributed by atoms with Crippen LogP contribution >= 0.6 is 11.3 Å². The first-order chi connectivity index (χ1) is 18.5. The van der Waals surface area contributed by atoms with Gasteiger partial charge in [-0.05, 0) is 60.7 Å². The van der Waals surface area contributed by atoms with Crippen LogP contribution in [0.2, 0.25) is 0 Å². The number of nitrogens with one attached hydrogen (secondary N) is 1. The van der Waals surface area contributed by atoms with Gasteiger partial charge >= 0.3 is 6.09 Å². The van der Waals surface area contributed by atoms with Crippen LogP contribution < -0.4 is 14.8 Å². The van der Waals surface area contributed by atoms with Crippen LogP contribution in [0.3, 0.4) is 0 Å². The Kier molecular flexibility index (Phi) is 6.45. The summed E-state index contributed by atoms with van der Waals surface area (Å²) in [5.41, 5.74) is 3.24. The van der Waals surface area contributed by atoms with E-state index in [0.717, 1.165) is 47.2 Å². The smallest absolute Gasteiger partial charge is 0.407 e. The van der Waals surface area contributed by atoms with Gasteiger partial charge in [-0.2, -0.15) is 0 Å². The number of nitrogens with zero attached hydrogens (tertiary/aromatic N) is 2. The Balaban J connectivity index is 1.06. The number of carboxylic acid groups (broad SMARTS) is 1. The van der Waals surface area contributed by atoms with Gasteiger partial charge in [0.15, 0.2) is 0 Å². The number of piperidine rings is 1. The number of benzene rings is 2. The molecule has 2 aliphatic heterocycles. The van der Waals surface area contributed by atoms with Crippen LogP contribution in [0, 0.1) is 0 Å². The molecule has 3 atom stereocenters. The Labute approximate surface area is 224 Å². The van der Waals surface area contributed by atoms with Gasteiger partial charge < -0.3 is 29.4 Å². The normalized spacial score (nSPS) is 20.4. The summed E-state index contributed by atoms with van der Waals surface area (Å²) in [5, 5.41) is 14.5. The zero-order chi connectivity index (χ0) is 26.2. The Bertz CT molecular complexity index is 1460. The summed E-state index contributed by atoms with van der Waals surface area (Å²) in [6.45, 7) is 0.301. The lowest BCUT2D eigenvalue weighted by atomic mass is 10.0. The summed E-state index contributed by atoms with van der Waals surface area (Å²) in [4.78, 5) is 26.1. The molecule has 9 heteroatoms. The second-order valence-electron chi connectivity index (χ2n) is 9.92. The van der Waals surface area contributed by atoms with E-state index in [1.165, 1.54) is 0 Å². The number of anilines is 1. The van der Waals surface area contributed by atoms with Gasteiger partial charge in [-0.3, -0.25) is 4.79 Å². The van der Waals surface area contributed by atoms with Crippen molar-refractivity contribution in [3.63, 3.8) is 0 Å². The molecule has 2 saturated heterocycles. The zero-order valence-electron chi connectivity index (χ0n) is 21.0. The monoisotopic (exact) mass is 531 g/mol. The number of aromatic nitrogens is 1. The number of para-hydroxylation sites is 1. The highest BCUT2D eigenvalue weighted by Gasteiger charge is 2.44. The van der Waals surface area contributed by atoms with E-state index in [2.05, 4.69) is 5.32 Å². The molecule has 0 radical (unpaired) electrons. The molecule has 2 N–H and O–H groups in total. The fourth-order valence-corrected chi connectivity index (χ4v) is 6.58. The third-order valence-corrected chi connectivity index (χ3v) is 8.45. The first kappa shape index (κ1) is 24.4. The Morgan fingerprint density at radius 1 is 1.03 bits per heavy atom. The lowest BCUT2D eigenvalue weighted by Crippen LogP contribution is -2.48. The van der Waals surface area contributed by atoms with Crippen molar-refractivity contribution in [2.24, 2.45) is 7.05 Å². The Morgan fingerprint density at radius 2 is 1.74 bits per heavy atom. The van der Waals surface area contributed by atoms with Crippen molar-refractivity contribution in [3.8, 4) is 11.5 Å². The number of aryl methyl sites for hydroxylation is 1. The number of amides is 2. The summed E-state index contributed by atoms with van der Waals surface area (Å²) < 4.78 is 15.2. The lowest BCUT2D eigenvalue weighted by Gasteiger charge is -2.37. The molecule has 4 aromatic rings. The van der Waals surface area contributed by atoms with E-state index >= 15 is 0 Å². The van der Waals surface area contributed by atoms with Gasteiger partial charge in [0.25, 0.3) is 5.91 Å². The van der Waals surface area contributed by atoms with Crippen molar-refractivity contribution in [2.45, 2.75) is 50.5 Å². The molecule has 2 aromatic heterocycles. The number of ether oxygens (including phenoxy) is 2. The molecule has 196 valence electrons. The molecule has 1 unspecified atom stereocenters. The van der Waals surface area contributed by atoms with Gasteiger partial charge in [0.1, 0.15) is 29.9 Å². The van der Waals surface area contributed by atoms with E-state index < -0.39 is 6.09 Å². The molecular formula is C29H29N3O5S. The number of hydrogen-bond acceptors (Lipinski definition) is 5. The van der Waals surface area contributed by atoms with E-state index in [1.807, 2.05) is 77.7 Å². The van der Waals surface area contributed by atoms with E-state index in [0.29, 0.717) is 23.7 Å². The molecule has 38 heavy (non-hydrogen) atoms. The number of thiophene rings is 1. The third-order valence-electron chi connectivity index (χ3n) is 7.59. The summed E-state index contributed by atoms with van der Waals surface area (Å²) in [7, 11) is 1.90. The van der Waals surface area contributed by atoms with Crippen LogP contribution in [0.4, 0.5) is 10.5 Å². The SMILES string of the molecule is Cn1c(C(=O)Nc2ccccc2COc2ccc(OC3C[C@H]4CC[C@@H](C3)N4C(=O)O)cc2)cc2sccc21. The predicted molar refractivity (Wildman–Crippen MR) is 146 cm³/mol. The minimum Gasteiger partial charge on any atom is -0.490 e. The van der Waals surface area contributed by atoms with Gasteiger partial charge in [-0.25, -0.2) is 4.79 Å². The lowest BCUT2D eigenvalue weighted by molar-refractivity contribution is 0.0495. The van der Waals surface area contributed by atoms with Gasteiger partial charge in [0.05, 0.1) is 10.2 Å². The molecule has 4 heterocycles. The van der Waals surface area contributed by atoms with Crippen LogP contribution in [-0.4, -0.2) is 44.8 Å². The number of carbonyl (C=O) groups excluding carboxylic acids is 1. The highest BCUT2D eigenvalue weighted by Crippen LogP contribution is 2.37. The zero-order valence-corrected chi connectivity index (χ0v) is 21.8. The van der Waals surface area contributed by atoms with Crippen LogP contribution in [0.15, 0.2) is 66.0 Å². The molecule has 2 aromatic carbocycles. The van der Waals surface area contributed by atoms with Crippen molar-refractivity contribution in [1.29, 1.82) is 0 Å². The molecule has 0 aliphatic carbocycles. The van der Waals surface area contributed by atoms with Crippen molar-refractivity contribution in [1.82, 2.24) is 9.47 Å². The quantitative estimate of drug-likeness (QED) is 0.300. The fourth-order valence-electron chi connectivity index (χ4n) is 5.73. The summed E-state index contributed by atoms with van der Waals surface area (Å²) >= 11 is 1.62. The Morgan fingerprint density at radius 3 is 2.45 bits per heavy atom. The van der Waals surface area contributed by atoms with Gasteiger partial charge in [0, 0.05) is 43.2 Å². The second-order valence-corrected chi connectivity index (χ2v) is 10.9. The van der Waals surface area contributed by atoms with Gasteiger partial charge in [-0.1, -0.05) is 18.2 Å². The van der Waals surface area contributed by atoms with Crippen molar-refractivity contribution in [3.05, 3.63) is 77.3 Å². The first-order valence-corrected chi connectivity index (χ1v) is 13.7. The molecule has 2 amide bonds. The minimum absolute atomic E-state index is 0.0189. The first-order valence-electron chi connectivity index (χ1n) is 12.8. The Hall–Kier alpha value is -3.98. The maximum atomic E-state index is 13.0. The average Bonchev–Trinajstić information content (AvgIpc) is 3.58. The van der Waals surface area contributed by atoms with Crippen LogP contribution in [0.5, 0.6) is 11.5 Å². The highest BCUT2D eigenvalue weighted by atomic mass is 32.1. The molecule has 2 aliphatic rings.